The third kappa shape index (κ3) is 3.19. The van der Waals surface area contributed by atoms with Crippen molar-refractivity contribution in [3.63, 3.8) is 0 Å². The van der Waals surface area contributed by atoms with E-state index in [0.29, 0.717) is 6.54 Å². The summed E-state index contributed by atoms with van der Waals surface area (Å²) < 4.78 is 12.8. The van der Waals surface area contributed by atoms with Crippen molar-refractivity contribution in [3.05, 3.63) is 59.3 Å². The van der Waals surface area contributed by atoms with E-state index in [0.717, 1.165) is 47.5 Å². The van der Waals surface area contributed by atoms with Gasteiger partial charge in [-0.1, -0.05) is 18.2 Å². The summed E-state index contributed by atoms with van der Waals surface area (Å²) in [5.74, 6) is 1.66. The molecule has 0 unspecified atom stereocenters. The summed E-state index contributed by atoms with van der Waals surface area (Å²) in [6.45, 7) is 2.02. The summed E-state index contributed by atoms with van der Waals surface area (Å²) in [6, 6.07) is 12.1. The van der Waals surface area contributed by atoms with Gasteiger partial charge in [-0.2, -0.15) is 0 Å². The number of Topliss-reactive ketones (excluding diaryl/α,β-unsaturated/α-hetero) is 1. The number of para-hydroxylation sites is 1. The van der Waals surface area contributed by atoms with Crippen LogP contribution in [0, 0.1) is 0 Å². The van der Waals surface area contributed by atoms with E-state index < -0.39 is 0 Å². The zero-order valence-corrected chi connectivity index (χ0v) is 16.0. The van der Waals surface area contributed by atoms with Gasteiger partial charge in [0.2, 0.25) is 0 Å². The Balaban J connectivity index is 1.55. The Labute approximate surface area is 159 Å². The molecule has 2 aromatic carbocycles. The van der Waals surface area contributed by atoms with Gasteiger partial charge in [0.25, 0.3) is 0 Å². The monoisotopic (exact) mass is 364 g/mol. The first kappa shape index (κ1) is 17.6. The van der Waals surface area contributed by atoms with E-state index >= 15 is 0 Å². The zero-order chi connectivity index (χ0) is 19.0. The Morgan fingerprint density at radius 2 is 1.78 bits per heavy atom. The number of methoxy groups -OCH3 is 2. The molecule has 1 aliphatic heterocycles. The first-order chi connectivity index (χ1) is 13.1. The van der Waals surface area contributed by atoms with Gasteiger partial charge in [0, 0.05) is 42.8 Å². The van der Waals surface area contributed by atoms with Crippen LogP contribution in [-0.4, -0.2) is 42.6 Å². The second kappa shape index (κ2) is 7.08. The second-order valence-corrected chi connectivity index (χ2v) is 7.03. The van der Waals surface area contributed by atoms with Crippen molar-refractivity contribution in [2.24, 2.45) is 7.05 Å². The molecule has 5 nitrogen and oxygen atoms in total. The summed E-state index contributed by atoms with van der Waals surface area (Å²) in [5, 5.41) is 1.02. The fourth-order valence-corrected chi connectivity index (χ4v) is 3.93. The Hall–Kier alpha value is -2.79. The summed E-state index contributed by atoms with van der Waals surface area (Å²) in [4.78, 5) is 15.2. The van der Waals surface area contributed by atoms with E-state index in [1.165, 1.54) is 11.1 Å². The smallest absolute Gasteiger partial charge is 0.178 e. The Bertz CT molecular complexity index is 1010. The Morgan fingerprint density at radius 3 is 2.52 bits per heavy atom. The molecule has 0 spiro atoms. The summed E-state index contributed by atoms with van der Waals surface area (Å²) in [6.07, 6.45) is 2.84. The molecule has 0 aliphatic carbocycles. The molecule has 0 saturated heterocycles. The molecule has 0 N–H and O–H groups in total. The predicted octanol–water partition coefficient (Wildman–Crippen LogP) is 3.44. The van der Waals surface area contributed by atoms with E-state index in [9.17, 15) is 4.79 Å². The van der Waals surface area contributed by atoms with Gasteiger partial charge >= 0.3 is 0 Å². The van der Waals surface area contributed by atoms with Crippen molar-refractivity contribution in [1.29, 1.82) is 0 Å². The molecule has 0 atom stereocenters. The van der Waals surface area contributed by atoms with E-state index in [2.05, 4.69) is 11.0 Å². The lowest BCUT2D eigenvalue weighted by atomic mass is 9.98. The third-order valence-electron chi connectivity index (χ3n) is 5.36. The van der Waals surface area contributed by atoms with Gasteiger partial charge in [-0.05, 0) is 35.7 Å². The number of aryl methyl sites for hydroxylation is 1. The van der Waals surface area contributed by atoms with Crippen LogP contribution in [0.1, 0.15) is 21.5 Å². The van der Waals surface area contributed by atoms with Crippen LogP contribution in [0.5, 0.6) is 11.5 Å². The minimum absolute atomic E-state index is 0.163. The van der Waals surface area contributed by atoms with Crippen molar-refractivity contribution in [2.45, 2.75) is 13.0 Å². The van der Waals surface area contributed by atoms with E-state index in [-0.39, 0.29) is 5.78 Å². The predicted molar refractivity (Wildman–Crippen MR) is 106 cm³/mol. The van der Waals surface area contributed by atoms with Crippen LogP contribution < -0.4 is 9.47 Å². The Kier molecular flexibility index (Phi) is 4.62. The van der Waals surface area contributed by atoms with Crippen LogP contribution in [-0.2, 0) is 20.0 Å². The van der Waals surface area contributed by atoms with Crippen LogP contribution in [0.15, 0.2) is 42.6 Å². The number of fused-ring (bicyclic) bond motifs is 2. The quantitative estimate of drug-likeness (QED) is 0.651. The van der Waals surface area contributed by atoms with Crippen LogP contribution in [0.25, 0.3) is 10.9 Å². The number of aromatic nitrogens is 1. The topological polar surface area (TPSA) is 43.7 Å². The van der Waals surface area contributed by atoms with Gasteiger partial charge in [0.05, 0.1) is 20.8 Å². The summed E-state index contributed by atoms with van der Waals surface area (Å²) in [7, 11) is 5.28. The number of rotatable bonds is 5. The lowest BCUT2D eigenvalue weighted by Gasteiger charge is -2.29. The first-order valence-electron chi connectivity index (χ1n) is 9.14. The number of carbonyl (C=O) groups excluding carboxylic acids is 1. The highest BCUT2D eigenvalue weighted by molar-refractivity contribution is 6.09. The number of nitrogens with zero attached hydrogens (tertiary/aromatic N) is 2. The molecule has 1 aliphatic rings. The van der Waals surface area contributed by atoms with E-state index in [1.54, 1.807) is 14.2 Å². The number of hydrogen-bond donors (Lipinski definition) is 0. The number of ketones is 1. The summed E-state index contributed by atoms with van der Waals surface area (Å²) in [5.41, 5.74) is 4.35. The minimum atomic E-state index is 0.163. The van der Waals surface area contributed by atoms with E-state index in [4.69, 9.17) is 9.47 Å². The lowest BCUT2D eigenvalue weighted by molar-refractivity contribution is 0.0923. The molecular formula is C22H24N2O3. The lowest BCUT2D eigenvalue weighted by Crippen LogP contribution is -2.34. The molecule has 0 bridgehead atoms. The molecule has 0 amide bonds. The van der Waals surface area contributed by atoms with Gasteiger partial charge in [-0.25, -0.2) is 0 Å². The molecule has 1 aromatic heterocycles. The number of carbonyl (C=O) groups is 1. The van der Waals surface area contributed by atoms with Crippen molar-refractivity contribution in [2.75, 3.05) is 27.3 Å². The Morgan fingerprint density at radius 1 is 1.07 bits per heavy atom. The standard InChI is InChI=1S/C22H24N2O3/c1-23-13-18(17-6-4-5-7-19(17)23)20(25)14-24-9-8-15-10-21(26-2)22(27-3)11-16(15)12-24/h4-7,10-11,13H,8-9,12,14H2,1-3H3. The molecule has 27 heavy (non-hydrogen) atoms. The second-order valence-electron chi connectivity index (χ2n) is 7.03. The SMILES string of the molecule is COc1cc2c(cc1OC)CN(CC(=O)c1cn(C)c3ccccc13)CC2. The largest absolute Gasteiger partial charge is 0.493 e. The third-order valence-corrected chi connectivity index (χ3v) is 5.36. The van der Waals surface area contributed by atoms with Crippen LogP contribution >= 0.6 is 0 Å². The molecule has 5 heteroatoms. The maximum Gasteiger partial charge on any atom is 0.178 e. The molecule has 4 rings (SSSR count). The normalized spacial score (nSPS) is 14.2. The van der Waals surface area contributed by atoms with Crippen molar-refractivity contribution in [3.8, 4) is 11.5 Å². The number of hydrogen-bond acceptors (Lipinski definition) is 4. The van der Waals surface area contributed by atoms with Gasteiger partial charge in [-0.15, -0.1) is 0 Å². The van der Waals surface area contributed by atoms with Crippen molar-refractivity contribution < 1.29 is 14.3 Å². The highest BCUT2D eigenvalue weighted by atomic mass is 16.5. The maximum atomic E-state index is 13.0. The van der Waals surface area contributed by atoms with Crippen LogP contribution in [0.3, 0.4) is 0 Å². The van der Waals surface area contributed by atoms with E-state index in [1.807, 2.05) is 48.1 Å². The van der Waals surface area contributed by atoms with Gasteiger partial charge < -0.3 is 14.0 Å². The zero-order valence-electron chi connectivity index (χ0n) is 16.0. The van der Waals surface area contributed by atoms with Gasteiger partial charge in [0.15, 0.2) is 17.3 Å². The number of ether oxygens (including phenoxy) is 2. The molecule has 2 heterocycles. The average Bonchev–Trinajstić information content (AvgIpc) is 3.04. The fraction of sp³-hybridized carbons (Fsp3) is 0.318. The minimum Gasteiger partial charge on any atom is -0.493 e. The van der Waals surface area contributed by atoms with Gasteiger partial charge in [-0.3, -0.25) is 9.69 Å². The molecule has 0 fully saturated rings. The molecule has 3 aromatic rings. The highest BCUT2D eigenvalue weighted by Crippen LogP contribution is 2.33. The molecule has 0 saturated carbocycles. The van der Waals surface area contributed by atoms with Crippen LogP contribution in [0.4, 0.5) is 0 Å². The molecule has 0 radical (unpaired) electrons. The average molecular weight is 364 g/mol. The van der Waals surface area contributed by atoms with Crippen LogP contribution in [0.2, 0.25) is 0 Å². The molecule has 140 valence electrons. The maximum absolute atomic E-state index is 13.0. The first-order valence-corrected chi connectivity index (χ1v) is 9.14. The van der Waals surface area contributed by atoms with Gasteiger partial charge in [0.1, 0.15) is 0 Å². The number of benzene rings is 2. The summed E-state index contributed by atoms with van der Waals surface area (Å²) >= 11 is 0. The van der Waals surface area contributed by atoms with Crippen molar-refractivity contribution in [1.82, 2.24) is 9.47 Å². The molecular weight excluding hydrogens is 340 g/mol. The fourth-order valence-electron chi connectivity index (χ4n) is 3.93. The highest BCUT2D eigenvalue weighted by Gasteiger charge is 2.23. The van der Waals surface area contributed by atoms with Crippen molar-refractivity contribution >= 4 is 16.7 Å².